The maximum absolute atomic E-state index is 11.9. The third kappa shape index (κ3) is 2.59. The fourth-order valence-corrected chi connectivity index (χ4v) is 2.88. The summed E-state index contributed by atoms with van der Waals surface area (Å²) in [4.78, 5) is 18.5. The van der Waals surface area contributed by atoms with Gasteiger partial charge in [-0.1, -0.05) is 0 Å². The number of nitrogen functional groups attached to an aromatic ring is 1. The second-order valence-corrected chi connectivity index (χ2v) is 5.20. The van der Waals surface area contributed by atoms with Gasteiger partial charge in [0.25, 0.3) is 5.56 Å². The van der Waals surface area contributed by atoms with Gasteiger partial charge in [-0.2, -0.15) is 10.1 Å². The van der Waals surface area contributed by atoms with Gasteiger partial charge in [-0.15, -0.1) is 0 Å². The number of nitrogens with one attached hydrogen (secondary N) is 1. The standard InChI is InChI=1S/C13H19N5O5/c1-20-5-7-8(21-2)9(22-3)12(23-7)18-10-6(4-15-18)11(19)17-13(14)16-10/h4,7-9,12H,5H2,1-3H3,(H3,14,16,17,19)/t7-,8?,9+,12-/m1/s1. The highest BCUT2D eigenvalue weighted by molar-refractivity contribution is 5.74. The van der Waals surface area contributed by atoms with Crippen molar-refractivity contribution in [2.45, 2.75) is 24.5 Å². The number of hydrogen-bond acceptors (Lipinski definition) is 8. The zero-order valence-corrected chi connectivity index (χ0v) is 13.1. The molecule has 126 valence electrons. The van der Waals surface area contributed by atoms with Crippen molar-refractivity contribution in [3.8, 4) is 0 Å². The number of ether oxygens (including phenoxy) is 4. The van der Waals surface area contributed by atoms with E-state index in [4.69, 9.17) is 24.7 Å². The number of methoxy groups -OCH3 is 3. The molecule has 3 N–H and O–H groups in total. The SMILES string of the molecule is COC[C@H]1O[C@@H](n2ncc3c(=O)[nH]c(N)nc32)[C@@H](OC)C1OC. The number of H-pyrrole nitrogens is 1. The first kappa shape index (κ1) is 15.9. The molecule has 1 aliphatic heterocycles. The van der Waals surface area contributed by atoms with E-state index in [2.05, 4.69) is 15.1 Å². The molecular weight excluding hydrogens is 306 g/mol. The summed E-state index contributed by atoms with van der Waals surface area (Å²) < 4.78 is 23.6. The van der Waals surface area contributed by atoms with Gasteiger partial charge in [0.15, 0.2) is 11.9 Å². The Morgan fingerprint density at radius 1 is 1.35 bits per heavy atom. The second-order valence-electron chi connectivity index (χ2n) is 5.20. The van der Waals surface area contributed by atoms with Gasteiger partial charge < -0.3 is 24.7 Å². The summed E-state index contributed by atoms with van der Waals surface area (Å²) in [6, 6.07) is 0. The van der Waals surface area contributed by atoms with Crippen LogP contribution >= 0.6 is 0 Å². The van der Waals surface area contributed by atoms with E-state index in [1.165, 1.54) is 10.9 Å². The Labute approximate surface area is 131 Å². The van der Waals surface area contributed by atoms with Crippen molar-refractivity contribution < 1.29 is 18.9 Å². The number of nitrogens with two attached hydrogens (primary N) is 1. The van der Waals surface area contributed by atoms with E-state index in [-0.39, 0.29) is 23.7 Å². The van der Waals surface area contributed by atoms with E-state index in [0.29, 0.717) is 17.6 Å². The maximum atomic E-state index is 11.9. The summed E-state index contributed by atoms with van der Waals surface area (Å²) >= 11 is 0. The number of aromatic amines is 1. The lowest BCUT2D eigenvalue weighted by Gasteiger charge is -2.21. The van der Waals surface area contributed by atoms with Crippen LogP contribution in [0.3, 0.4) is 0 Å². The van der Waals surface area contributed by atoms with Crippen molar-refractivity contribution in [3.05, 3.63) is 16.6 Å². The third-order valence-corrected chi connectivity index (χ3v) is 3.88. The first-order valence-corrected chi connectivity index (χ1v) is 7.03. The van der Waals surface area contributed by atoms with Crippen molar-refractivity contribution in [1.82, 2.24) is 19.7 Å². The molecule has 0 spiro atoms. The minimum absolute atomic E-state index is 0.00736. The molecule has 4 atom stereocenters. The van der Waals surface area contributed by atoms with Gasteiger partial charge in [-0.25, -0.2) is 4.68 Å². The first-order chi connectivity index (χ1) is 11.1. The molecule has 0 radical (unpaired) electrons. The zero-order chi connectivity index (χ0) is 16.6. The van der Waals surface area contributed by atoms with Gasteiger partial charge >= 0.3 is 0 Å². The summed E-state index contributed by atoms with van der Waals surface area (Å²) in [5.74, 6) is 0.00736. The monoisotopic (exact) mass is 325 g/mol. The van der Waals surface area contributed by atoms with Gasteiger partial charge in [0.1, 0.15) is 23.7 Å². The smallest absolute Gasteiger partial charge is 0.263 e. The fourth-order valence-electron chi connectivity index (χ4n) is 2.88. The molecule has 10 nitrogen and oxygen atoms in total. The molecule has 3 heterocycles. The van der Waals surface area contributed by atoms with Crippen LogP contribution in [-0.4, -0.2) is 66.0 Å². The molecule has 0 aromatic carbocycles. The number of fused-ring (bicyclic) bond motifs is 1. The number of rotatable bonds is 5. The molecule has 2 aromatic heterocycles. The highest BCUT2D eigenvalue weighted by Crippen LogP contribution is 2.34. The van der Waals surface area contributed by atoms with E-state index >= 15 is 0 Å². The van der Waals surface area contributed by atoms with E-state index in [1.807, 2.05) is 0 Å². The number of hydrogen-bond donors (Lipinski definition) is 2. The van der Waals surface area contributed by atoms with Crippen LogP contribution in [0.5, 0.6) is 0 Å². The van der Waals surface area contributed by atoms with Crippen molar-refractivity contribution in [3.63, 3.8) is 0 Å². The van der Waals surface area contributed by atoms with E-state index in [1.54, 1.807) is 21.3 Å². The molecule has 3 rings (SSSR count). The highest BCUT2D eigenvalue weighted by atomic mass is 16.6. The van der Waals surface area contributed by atoms with Crippen LogP contribution in [0.4, 0.5) is 5.95 Å². The van der Waals surface area contributed by atoms with Gasteiger partial charge in [0.2, 0.25) is 5.95 Å². The first-order valence-electron chi connectivity index (χ1n) is 7.03. The molecule has 0 amide bonds. The van der Waals surface area contributed by atoms with Crippen molar-refractivity contribution in [2.24, 2.45) is 0 Å². The van der Waals surface area contributed by atoms with Gasteiger partial charge in [0.05, 0.1) is 12.8 Å². The Morgan fingerprint density at radius 3 is 2.74 bits per heavy atom. The predicted octanol–water partition coefficient (Wildman–Crippen LogP) is -0.724. The van der Waals surface area contributed by atoms with Crippen LogP contribution in [0.15, 0.2) is 11.0 Å². The molecule has 0 saturated carbocycles. The van der Waals surface area contributed by atoms with E-state index in [9.17, 15) is 4.79 Å². The Morgan fingerprint density at radius 2 is 2.09 bits per heavy atom. The molecule has 1 fully saturated rings. The van der Waals surface area contributed by atoms with E-state index < -0.39 is 12.3 Å². The molecule has 0 aliphatic carbocycles. The normalized spacial score (nSPS) is 27.8. The average Bonchev–Trinajstić information content (AvgIpc) is 3.08. The summed E-state index contributed by atoms with van der Waals surface area (Å²) in [5, 5.41) is 4.54. The van der Waals surface area contributed by atoms with Crippen LogP contribution < -0.4 is 11.3 Å². The number of aromatic nitrogens is 4. The van der Waals surface area contributed by atoms with Gasteiger partial charge in [-0.05, 0) is 0 Å². The molecule has 1 saturated heterocycles. The molecule has 0 bridgehead atoms. The van der Waals surface area contributed by atoms with Crippen LogP contribution in [0.2, 0.25) is 0 Å². The quantitative estimate of drug-likeness (QED) is 0.737. The average molecular weight is 325 g/mol. The molecule has 23 heavy (non-hydrogen) atoms. The van der Waals surface area contributed by atoms with Crippen LogP contribution in [-0.2, 0) is 18.9 Å². The Bertz CT molecular complexity index is 744. The van der Waals surface area contributed by atoms with Crippen LogP contribution in [0.25, 0.3) is 11.0 Å². The molecule has 10 heteroatoms. The predicted molar refractivity (Wildman–Crippen MR) is 79.9 cm³/mol. The largest absolute Gasteiger partial charge is 0.382 e. The highest BCUT2D eigenvalue weighted by Gasteiger charge is 2.47. The molecule has 2 aromatic rings. The lowest BCUT2D eigenvalue weighted by Crippen LogP contribution is -2.37. The van der Waals surface area contributed by atoms with Gasteiger partial charge in [-0.3, -0.25) is 9.78 Å². The number of anilines is 1. The molecule has 1 unspecified atom stereocenters. The summed E-state index contributed by atoms with van der Waals surface area (Å²) in [5.41, 5.74) is 5.59. The van der Waals surface area contributed by atoms with Gasteiger partial charge in [0, 0.05) is 21.3 Å². The summed E-state index contributed by atoms with van der Waals surface area (Å²) in [7, 11) is 4.71. The van der Waals surface area contributed by atoms with Crippen LogP contribution in [0.1, 0.15) is 6.23 Å². The van der Waals surface area contributed by atoms with E-state index in [0.717, 1.165) is 0 Å². The molecular formula is C13H19N5O5. The summed E-state index contributed by atoms with van der Waals surface area (Å²) in [6.07, 6.45) is -0.314. The fraction of sp³-hybridized carbons (Fsp3) is 0.615. The van der Waals surface area contributed by atoms with Crippen LogP contribution in [0, 0.1) is 0 Å². The lowest BCUT2D eigenvalue weighted by molar-refractivity contribution is -0.0688. The molecule has 1 aliphatic rings. The topological polar surface area (TPSA) is 127 Å². The summed E-state index contributed by atoms with van der Waals surface area (Å²) in [6.45, 7) is 0.338. The van der Waals surface area contributed by atoms with Crippen molar-refractivity contribution in [1.29, 1.82) is 0 Å². The Kier molecular flexibility index (Phi) is 4.31. The maximum Gasteiger partial charge on any atom is 0.263 e. The minimum Gasteiger partial charge on any atom is -0.382 e. The minimum atomic E-state index is -0.615. The van der Waals surface area contributed by atoms with Crippen molar-refractivity contribution in [2.75, 3.05) is 33.7 Å². The number of nitrogens with zero attached hydrogens (tertiary/aromatic N) is 3. The Hall–Kier alpha value is -2.01. The Balaban J connectivity index is 2.05. The third-order valence-electron chi connectivity index (χ3n) is 3.88. The lowest BCUT2D eigenvalue weighted by atomic mass is 10.1. The zero-order valence-electron chi connectivity index (χ0n) is 13.1. The van der Waals surface area contributed by atoms with Crippen molar-refractivity contribution >= 4 is 17.0 Å². The second kappa shape index (κ2) is 6.24.